The van der Waals surface area contributed by atoms with E-state index in [1.165, 1.54) is 13.2 Å². The minimum atomic E-state index is -1.53. The van der Waals surface area contributed by atoms with Gasteiger partial charge in [0.1, 0.15) is 12.4 Å². The maximum atomic E-state index is 13.8. The van der Waals surface area contributed by atoms with Gasteiger partial charge in [-0.25, -0.2) is 23.1 Å². The van der Waals surface area contributed by atoms with E-state index in [-0.39, 0.29) is 17.9 Å². The molecule has 0 amide bonds. The largest absolute Gasteiger partial charge is 0.377 e. The predicted molar refractivity (Wildman–Crippen MR) is 67.6 cm³/mol. The van der Waals surface area contributed by atoms with Crippen molar-refractivity contribution in [2.45, 2.75) is 6.61 Å². The van der Waals surface area contributed by atoms with Crippen LogP contribution in [0, 0.1) is 17.5 Å². The molecule has 106 valence electrons. The van der Waals surface area contributed by atoms with Gasteiger partial charge in [0.05, 0.1) is 5.69 Å². The summed E-state index contributed by atoms with van der Waals surface area (Å²) < 4.78 is 44.9. The van der Waals surface area contributed by atoms with Gasteiger partial charge >= 0.3 is 0 Å². The molecule has 0 saturated carbocycles. The minimum absolute atomic E-state index is 0.119. The van der Waals surface area contributed by atoms with Crippen LogP contribution in [0.4, 0.5) is 19.0 Å². The van der Waals surface area contributed by atoms with Crippen LogP contribution in [0.5, 0.6) is 0 Å². The Morgan fingerprint density at radius 1 is 1.15 bits per heavy atom. The topological polar surface area (TPSA) is 47.0 Å². The lowest BCUT2D eigenvalue weighted by Gasteiger charge is -2.09. The van der Waals surface area contributed by atoms with Crippen LogP contribution >= 0.6 is 0 Å². The van der Waals surface area contributed by atoms with E-state index in [0.717, 1.165) is 12.1 Å². The first kappa shape index (κ1) is 14.3. The van der Waals surface area contributed by atoms with Crippen molar-refractivity contribution in [2.24, 2.45) is 0 Å². The molecule has 0 unspecified atom stereocenters. The van der Waals surface area contributed by atoms with Crippen molar-refractivity contribution in [2.75, 3.05) is 19.5 Å². The Kier molecular flexibility index (Phi) is 4.19. The third-order valence-electron chi connectivity index (χ3n) is 2.61. The van der Waals surface area contributed by atoms with Crippen LogP contribution in [0.15, 0.2) is 18.2 Å². The average Bonchev–Trinajstić information content (AvgIpc) is 2.45. The molecule has 4 nitrogen and oxygen atoms in total. The maximum absolute atomic E-state index is 13.8. The van der Waals surface area contributed by atoms with Gasteiger partial charge in [0.15, 0.2) is 23.3 Å². The summed E-state index contributed by atoms with van der Waals surface area (Å²) in [5, 5.41) is 2.78. The molecule has 0 fully saturated rings. The number of nitrogens with zero attached hydrogens (tertiary/aromatic N) is 2. The Bertz CT molecular complexity index is 634. The summed E-state index contributed by atoms with van der Waals surface area (Å²) in [4.78, 5) is 8.17. The van der Waals surface area contributed by atoms with Crippen molar-refractivity contribution in [3.8, 4) is 11.3 Å². The molecule has 0 bridgehead atoms. The highest BCUT2D eigenvalue weighted by atomic mass is 19.2. The van der Waals surface area contributed by atoms with Crippen LogP contribution in [0.1, 0.15) is 5.82 Å². The normalized spacial score (nSPS) is 10.7. The SMILES string of the molecule is CNc1cc(-c2ccc(F)c(F)c2F)nc(COC)n1. The third-order valence-corrected chi connectivity index (χ3v) is 2.61. The smallest absolute Gasteiger partial charge is 0.195 e. The van der Waals surface area contributed by atoms with Gasteiger partial charge < -0.3 is 10.1 Å². The third kappa shape index (κ3) is 2.72. The van der Waals surface area contributed by atoms with E-state index in [1.807, 2.05) is 0 Å². The molecule has 20 heavy (non-hydrogen) atoms. The molecule has 0 aliphatic carbocycles. The molecule has 1 N–H and O–H groups in total. The number of nitrogens with one attached hydrogen (secondary N) is 1. The van der Waals surface area contributed by atoms with E-state index in [4.69, 9.17) is 4.74 Å². The molecule has 2 aromatic rings. The summed E-state index contributed by atoms with van der Waals surface area (Å²) in [6.45, 7) is 0.119. The number of halogens is 3. The number of hydrogen-bond acceptors (Lipinski definition) is 4. The Hall–Kier alpha value is -2.15. The average molecular weight is 283 g/mol. The van der Waals surface area contributed by atoms with Crippen molar-refractivity contribution in [1.29, 1.82) is 0 Å². The number of hydrogen-bond donors (Lipinski definition) is 1. The molecular formula is C13H12F3N3O. The first-order valence-corrected chi connectivity index (χ1v) is 5.75. The summed E-state index contributed by atoms with van der Waals surface area (Å²) in [5.41, 5.74) is 0.00736. The molecule has 0 spiro atoms. The first-order chi connectivity index (χ1) is 9.56. The fourth-order valence-electron chi connectivity index (χ4n) is 1.68. The quantitative estimate of drug-likeness (QED) is 0.876. The van der Waals surface area contributed by atoms with Crippen molar-refractivity contribution >= 4 is 5.82 Å². The molecule has 0 atom stereocenters. The Balaban J connectivity index is 2.57. The van der Waals surface area contributed by atoms with Gasteiger partial charge in [-0.2, -0.15) is 0 Å². The lowest BCUT2D eigenvalue weighted by Crippen LogP contribution is -2.04. The zero-order chi connectivity index (χ0) is 14.7. The maximum Gasteiger partial charge on any atom is 0.195 e. The summed E-state index contributed by atoms with van der Waals surface area (Å²) in [5.74, 6) is -3.33. The number of aromatic nitrogens is 2. The number of benzene rings is 1. The van der Waals surface area contributed by atoms with Gasteiger partial charge in [-0.15, -0.1) is 0 Å². The van der Waals surface area contributed by atoms with Gasteiger partial charge in [-0.05, 0) is 12.1 Å². The predicted octanol–water partition coefficient (Wildman–Crippen LogP) is 2.75. The molecule has 0 aliphatic heterocycles. The van der Waals surface area contributed by atoms with Crippen LogP contribution in [0.2, 0.25) is 0 Å². The standard InChI is InChI=1S/C13H12F3N3O/c1-17-10-5-9(18-11(19-10)6-20-2)7-3-4-8(14)13(16)12(7)15/h3-5H,6H2,1-2H3,(H,17,18,19). The van der Waals surface area contributed by atoms with Gasteiger partial charge in [-0.3, -0.25) is 0 Å². The molecule has 0 aliphatic rings. The lowest BCUT2D eigenvalue weighted by molar-refractivity contribution is 0.178. The van der Waals surface area contributed by atoms with Gasteiger partial charge in [-0.1, -0.05) is 0 Å². The highest BCUT2D eigenvalue weighted by molar-refractivity contribution is 5.63. The van der Waals surface area contributed by atoms with Crippen LogP contribution in [-0.4, -0.2) is 24.1 Å². The van der Waals surface area contributed by atoms with Gasteiger partial charge in [0, 0.05) is 25.8 Å². The summed E-state index contributed by atoms with van der Waals surface area (Å²) in [6.07, 6.45) is 0. The number of rotatable bonds is 4. The summed E-state index contributed by atoms with van der Waals surface area (Å²) in [7, 11) is 3.09. The van der Waals surface area contributed by atoms with Crippen molar-refractivity contribution < 1.29 is 17.9 Å². The fraction of sp³-hybridized carbons (Fsp3) is 0.231. The number of ether oxygens (including phenoxy) is 1. The van der Waals surface area contributed by atoms with E-state index >= 15 is 0 Å². The first-order valence-electron chi connectivity index (χ1n) is 5.75. The second-order valence-corrected chi connectivity index (χ2v) is 3.96. The monoisotopic (exact) mass is 283 g/mol. The Labute approximate surface area is 113 Å². The van der Waals surface area contributed by atoms with Crippen molar-refractivity contribution in [3.63, 3.8) is 0 Å². The number of anilines is 1. The van der Waals surface area contributed by atoms with Gasteiger partial charge in [0.2, 0.25) is 0 Å². The van der Waals surface area contributed by atoms with E-state index in [2.05, 4.69) is 15.3 Å². The summed E-state index contributed by atoms with van der Waals surface area (Å²) >= 11 is 0. The molecule has 0 radical (unpaired) electrons. The Morgan fingerprint density at radius 3 is 2.55 bits per heavy atom. The van der Waals surface area contributed by atoms with Crippen LogP contribution in [0.3, 0.4) is 0 Å². The second-order valence-electron chi connectivity index (χ2n) is 3.96. The van der Waals surface area contributed by atoms with Crippen LogP contribution in [0.25, 0.3) is 11.3 Å². The highest BCUT2D eigenvalue weighted by Gasteiger charge is 2.17. The lowest BCUT2D eigenvalue weighted by atomic mass is 10.1. The van der Waals surface area contributed by atoms with E-state index in [1.54, 1.807) is 7.05 Å². The zero-order valence-corrected chi connectivity index (χ0v) is 10.9. The Morgan fingerprint density at radius 2 is 1.90 bits per heavy atom. The molecular weight excluding hydrogens is 271 g/mol. The minimum Gasteiger partial charge on any atom is -0.377 e. The molecule has 1 aromatic carbocycles. The molecule has 0 saturated heterocycles. The van der Waals surface area contributed by atoms with E-state index in [9.17, 15) is 13.2 Å². The van der Waals surface area contributed by atoms with Crippen molar-refractivity contribution in [1.82, 2.24) is 9.97 Å². The zero-order valence-electron chi connectivity index (χ0n) is 10.9. The molecule has 1 aromatic heterocycles. The summed E-state index contributed by atoms with van der Waals surface area (Å²) in [6, 6.07) is 3.42. The van der Waals surface area contributed by atoms with E-state index < -0.39 is 17.5 Å². The number of methoxy groups -OCH3 is 1. The van der Waals surface area contributed by atoms with Crippen molar-refractivity contribution in [3.05, 3.63) is 41.5 Å². The highest BCUT2D eigenvalue weighted by Crippen LogP contribution is 2.26. The molecule has 1 heterocycles. The van der Waals surface area contributed by atoms with Crippen LogP contribution < -0.4 is 5.32 Å². The van der Waals surface area contributed by atoms with Gasteiger partial charge in [0.25, 0.3) is 0 Å². The fourth-order valence-corrected chi connectivity index (χ4v) is 1.68. The molecule has 2 rings (SSSR count). The van der Waals surface area contributed by atoms with E-state index in [0.29, 0.717) is 11.6 Å². The molecule has 7 heteroatoms. The van der Waals surface area contributed by atoms with Crippen LogP contribution in [-0.2, 0) is 11.3 Å². The second kappa shape index (κ2) is 5.87.